The first kappa shape index (κ1) is 18.4. The molecule has 0 radical (unpaired) electrons. The monoisotopic (exact) mass is 436 g/mol. The van der Waals surface area contributed by atoms with Crippen molar-refractivity contribution in [2.45, 2.75) is 26.7 Å². The number of nitrogens with one attached hydrogen (secondary N) is 1. The van der Waals surface area contributed by atoms with Crippen LogP contribution < -0.4 is 10.2 Å². The number of hydrogen-bond donors (Lipinski definition) is 1. The zero-order valence-corrected chi connectivity index (χ0v) is 16.2. The van der Waals surface area contributed by atoms with Crippen LogP contribution in [0.5, 0.6) is 5.75 Å². The van der Waals surface area contributed by atoms with E-state index in [1.807, 2.05) is 49.4 Å². The number of rotatable bonds is 6. The number of ether oxygens (including phenoxy) is 1. The maximum absolute atomic E-state index is 11.9. The first-order valence-electron chi connectivity index (χ1n) is 7.76. The van der Waals surface area contributed by atoms with E-state index < -0.39 is 0 Å². The van der Waals surface area contributed by atoms with Crippen LogP contribution in [0.4, 0.5) is 0 Å². The number of carbonyl (C=O) groups excluding carboxylic acids is 1. The number of carbonyl (C=O) groups is 1. The molecule has 0 unspecified atom stereocenters. The fraction of sp³-hybridized carbons (Fsp3) is 0.263. The van der Waals surface area contributed by atoms with E-state index in [0.29, 0.717) is 5.92 Å². The third-order valence-corrected chi connectivity index (χ3v) is 4.14. The molecule has 0 atom stereocenters. The summed E-state index contributed by atoms with van der Waals surface area (Å²) in [6.45, 7) is 6.14. The molecule has 2 aromatic carbocycles. The molecule has 4 nitrogen and oxygen atoms in total. The molecule has 0 aromatic heterocycles. The first-order valence-corrected chi connectivity index (χ1v) is 8.84. The second-order valence-corrected chi connectivity index (χ2v) is 7.08. The second-order valence-electron chi connectivity index (χ2n) is 5.83. The number of benzene rings is 2. The van der Waals surface area contributed by atoms with E-state index in [2.05, 4.69) is 47.0 Å². The molecular formula is C19H21IN2O2. The van der Waals surface area contributed by atoms with Crippen molar-refractivity contribution in [1.82, 2.24) is 5.43 Å². The summed E-state index contributed by atoms with van der Waals surface area (Å²) in [7, 11) is 0. The molecule has 0 saturated carbocycles. The van der Waals surface area contributed by atoms with Gasteiger partial charge in [-0.15, -0.1) is 0 Å². The van der Waals surface area contributed by atoms with Crippen molar-refractivity contribution >= 4 is 34.7 Å². The highest BCUT2D eigenvalue weighted by Gasteiger charge is 2.09. The average molecular weight is 436 g/mol. The molecule has 0 aliphatic carbocycles. The topological polar surface area (TPSA) is 50.7 Å². The molecule has 1 amide bonds. The molecule has 0 aliphatic heterocycles. The van der Waals surface area contributed by atoms with Crippen molar-refractivity contribution < 1.29 is 9.53 Å². The zero-order chi connectivity index (χ0) is 17.5. The molecule has 126 valence electrons. The van der Waals surface area contributed by atoms with E-state index >= 15 is 0 Å². The summed E-state index contributed by atoms with van der Waals surface area (Å²) < 4.78 is 6.83. The van der Waals surface area contributed by atoms with E-state index in [4.69, 9.17) is 4.74 Å². The van der Waals surface area contributed by atoms with E-state index in [-0.39, 0.29) is 12.5 Å². The Balaban J connectivity index is 1.89. The summed E-state index contributed by atoms with van der Waals surface area (Å²) in [5.41, 5.74) is 5.61. The van der Waals surface area contributed by atoms with Gasteiger partial charge in [-0.05, 0) is 70.3 Å². The van der Waals surface area contributed by atoms with E-state index in [1.54, 1.807) is 6.21 Å². The molecule has 0 saturated heterocycles. The van der Waals surface area contributed by atoms with Gasteiger partial charge in [0.2, 0.25) is 0 Å². The Kier molecular flexibility index (Phi) is 6.78. The molecule has 0 fully saturated rings. The van der Waals surface area contributed by atoms with E-state index in [0.717, 1.165) is 26.0 Å². The molecule has 5 heteroatoms. The van der Waals surface area contributed by atoms with Crippen LogP contribution in [0, 0.1) is 10.5 Å². The highest BCUT2D eigenvalue weighted by atomic mass is 127. The predicted octanol–water partition coefficient (Wildman–Crippen LogP) is 4.25. The summed E-state index contributed by atoms with van der Waals surface area (Å²) in [5, 5.41) is 3.95. The van der Waals surface area contributed by atoms with Crippen LogP contribution in [0.25, 0.3) is 0 Å². The summed E-state index contributed by atoms with van der Waals surface area (Å²) in [4.78, 5) is 11.9. The Morgan fingerprint density at radius 3 is 2.62 bits per heavy atom. The minimum absolute atomic E-state index is 0.0623. The smallest absolute Gasteiger partial charge is 0.277 e. The highest BCUT2D eigenvalue weighted by molar-refractivity contribution is 14.1. The quantitative estimate of drug-likeness (QED) is 0.418. The largest absolute Gasteiger partial charge is 0.483 e. The first-order chi connectivity index (χ1) is 11.5. The Morgan fingerprint density at radius 1 is 1.25 bits per heavy atom. The van der Waals surface area contributed by atoms with Gasteiger partial charge < -0.3 is 4.74 Å². The predicted molar refractivity (Wildman–Crippen MR) is 106 cm³/mol. The van der Waals surface area contributed by atoms with Crippen LogP contribution in [0.1, 0.15) is 36.5 Å². The standard InChI is InChI=1S/C19H21IN2O2/c1-13(2)17-9-4-14(3)10-18(17)24-12-19(23)22-21-11-15-5-7-16(20)8-6-15/h4-11,13H,12H2,1-3H3,(H,22,23)/b21-11-. The summed E-state index contributed by atoms with van der Waals surface area (Å²) >= 11 is 2.24. The lowest BCUT2D eigenvalue weighted by molar-refractivity contribution is -0.123. The van der Waals surface area contributed by atoms with Crippen LogP contribution in [-0.4, -0.2) is 18.7 Å². The van der Waals surface area contributed by atoms with Gasteiger partial charge in [-0.3, -0.25) is 4.79 Å². The molecule has 2 rings (SSSR count). The van der Waals surface area contributed by atoms with Crippen LogP contribution in [0.2, 0.25) is 0 Å². The van der Waals surface area contributed by atoms with Crippen molar-refractivity contribution in [3.63, 3.8) is 0 Å². The van der Waals surface area contributed by atoms with Crippen molar-refractivity contribution in [2.24, 2.45) is 5.10 Å². The van der Waals surface area contributed by atoms with Gasteiger partial charge in [0.05, 0.1) is 6.21 Å². The molecule has 24 heavy (non-hydrogen) atoms. The Morgan fingerprint density at radius 2 is 1.96 bits per heavy atom. The fourth-order valence-corrected chi connectivity index (χ4v) is 2.51. The maximum Gasteiger partial charge on any atom is 0.277 e. The van der Waals surface area contributed by atoms with Gasteiger partial charge >= 0.3 is 0 Å². The van der Waals surface area contributed by atoms with Gasteiger partial charge in [0.15, 0.2) is 6.61 Å². The Hall–Kier alpha value is -1.89. The van der Waals surface area contributed by atoms with Crippen LogP contribution in [0.3, 0.4) is 0 Å². The molecule has 0 spiro atoms. The summed E-state index contributed by atoms with van der Waals surface area (Å²) in [5.74, 6) is 0.803. The number of halogens is 1. The number of aryl methyl sites for hydroxylation is 1. The van der Waals surface area contributed by atoms with Gasteiger partial charge in [0.25, 0.3) is 5.91 Å². The number of amides is 1. The Labute approximate surface area is 156 Å². The molecule has 0 heterocycles. The SMILES string of the molecule is Cc1ccc(C(C)C)c(OCC(=O)N/N=C\c2ccc(I)cc2)c1. The van der Waals surface area contributed by atoms with E-state index in [9.17, 15) is 4.79 Å². The third kappa shape index (κ3) is 5.63. The van der Waals surface area contributed by atoms with Gasteiger partial charge in [-0.1, -0.05) is 38.1 Å². The fourth-order valence-electron chi connectivity index (χ4n) is 2.15. The average Bonchev–Trinajstić information content (AvgIpc) is 2.54. The summed E-state index contributed by atoms with van der Waals surface area (Å²) in [6.07, 6.45) is 1.61. The highest BCUT2D eigenvalue weighted by Crippen LogP contribution is 2.27. The number of hydrogen-bond acceptors (Lipinski definition) is 3. The lowest BCUT2D eigenvalue weighted by atomic mass is 10.0. The maximum atomic E-state index is 11.9. The van der Waals surface area contributed by atoms with Crippen molar-refractivity contribution in [3.8, 4) is 5.75 Å². The summed E-state index contributed by atoms with van der Waals surface area (Å²) in [6, 6.07) is 13.9. The van der Waals surface area contributed by atoms with E-state index in [1.165, 1.54) is 0 Å². The third-order valence-electron chi connectivity index (χ3n) is 3.42. The Bertz CT molecular complexity index is 725. The number of hydrazone groups is 1. The number of nitrogens with zero attached hydrogens (tertiary/aromatic N) is 1. The normalized spacial score (nSPS) is 11.0. The molecule has 0 bridgehead atoms. The minimum atomic E-state index is -0.284. The molecule has 1 N–H and O–H groups in total. The second kappa shape index (κ2) is 8.82. The van der Waals surface area contributed by atoms with Crippen LogP contribution in [-0.2, 0) is 4.79 Å². The van der Waals surface area contributed by atoms with Crippen LogP contribution in [0.15, 0.2) is 47.6 Å². The molecule has 0 aliphatic rings. The van der Waals surface area contributed by atoms with Gasteiger partial charge in [0.1, 0.15) is 5.75 Å². The van der Waals surface area contributed by atoms with Crippen molar-refractivity contribution in [1.29, 1.82) is 0 Å². The van der Waals surface area contributed by atoms with Crippen LogP contribution >= 0.6 is 22.6 Å². The molecular weight excluding hydrogens is 415 g/mol. The van der Waals surface area contributed by atoms with Crippen molar-refractivity contribution in [2.75, 3.05) is 6.61 Å². The lowest BCUT2D eigenvalue weighted by Crippen LogP contribution is -2.25. The zero-order valence-electron chi connectivity index (χ0n) is 14.0. The van der Waals surface area contributed by atoms with Gasteiger partial charge in [0, 0.05) is 3.57 Å². The lowest BCUT2D eigenvalue weighted by Gasteiger charge is -2.14. The molecule has 2 aromatic rings. The van der Waals surface area contributed by atoms with Crippen molar-refractivity contribution in [3.05, 3.63) is 62.7 Å². The van der Waals surface area contributed by atoms with Gasteiger partial charge in [-0.25, -0.2) is 5.43 Å². The van der Waals surface area contributed by atoms with Gasteiger partial charge in [-0.2, -0.15) is 5.10 Å². The minimum Gasteiger partial charge on any atom is -0.483 e.